The predicted molar refractivity (Wildman–Crippen MR) is 146 cm³/mol. The van der Waals surface area contributed by atoms with Crippen molar-refractivity contribution >= 4 is 28.9 Å². The third-order valence-electron chi connectivity index (χ3n) is 6.75. The lowest BCUT2D eigenvalue weighted by atomic mass is 9.79. The van der Waals surface area contributed by atoms with Gasteiger partial charge in [-0.15, -0.1) is 11.3 Å². The summed E-state index contributed by atoms with van der Waals surface area (Å²) in [5, 5.41) is 25.0. The molecule has 0 saturated carbocycles. The summed E-state index contributed by atoms with van der Waals surface area (Å²) in [7, 11) is 0. The van der Waals surface area contributed by atoms with Gasteiger partial charge >= 0.3 is 5.97 Å². The van der Waals surface area contributed by atoms with Gasteiger partial charge in [0.1, 0.15) is 22.2 Å². The molecule has 1 aliphatic carbocycles. The van der Waals surface area contributed by atoms with E-state index >= 15 is 0 Å². The number of carboxylic acid groups (broad SMARTS) is 1. The van der Waals surface area contributed by atoms with Crippen LogP contribution < -0.4 is 5.32 Å². The number of hydrogen-bond acceptors (Lipinski definition) is 7. The lowest BCUT2D eigenvalue weighted by Gasteiger charge is -2.33. The number of benzene rings is 1. The van der Waals surface area contributed by atoms with E-state index in [1.54, 1.807) is 30.6 Å². The van der Waals surface area contributed by atoms with Crippen LogP contribution in [-0.4, -0.2) is 31.1 Å². The van der Waals surface area contributed by atoms with Gasteiger partial charge in [-0.2, -0.15) is 0 Å². The van der Waals surface area contributed by atoms with Gasteiger partial charge < -0.3 is 15.5 Å². The molecule has 190 valence electrons. The molecule has 0 unspecified atom stereocenters. The number of aryl methyl sites for hydroxylation is 2. The van der Waals surface area contributed by atoms with Crippen LogP contribution in [0.5, 0.6) is 0 Å². The maximum absolute atomic E-state index is 11.7. The fourth-order valence-electron chi connectivity index (χ4n) is 4.77. The quantitative estimate of drug-likeness (QED) is 0.290. The molecule has 0 fully saturated rings. The fraction of sp³-hybridized carbons (Fsp3) is 0.310. The summed E-state index contributed by atoms with van der Waals surface area (Å²) in [5.41, 5.74) is 3.56. The van der Waals surface area contributed by atoms with Crippen molar-refractivity contribution in [3.63, 3.8) is 0 Å². The van der Waals surface area contributed by atoms with E-state index < -0.39 is 11.6 Å². The van der Waals surface area contributed by atoms with E-state index in [-0.39, 0.29) is 11.0 Å². The molecule has 7 nitrogen and oxygen atoms in total. The van der Waals surface area contributed by atoms with Crippen LogP contribution in [-0.2, 0) is 17.4 Å². The first-order valence-corrected chi connectivity index (χ1v) is 13.1. The summed E-state index contributed by atoms with van der Waals surface area (Å²) in [4.78, 5) is 26.2. The van der Waals surface area contributed by atoms with Crippen LogP contribution in [0, 0.1) is 6.92 Å². The lowest BCUT2D eigenvalue weighted by molar-refractivity contribution is 0.0607. The Kier molecular flexibility index (Phi) is 6.33. The van der Waals surface area contributed by atoms with Crippen molar-refractivity contribution in [3.05, 3.63) is 87.7 Å². The smallest absolute Gasteiger partial charge is 0.335 e. The Bertz CT molecular complexity index is 1490. The van der Waals surface area contributed by atoms with Crippen LogP contribution >= 0.6 is 11.3 Å². The van der Waals surface area contributed by atoms with E-state index in [4.69, 9.17) is 4.98 Å². The maximum Gasteiger partial charge on any atom is 0.335 e. The second-order valence-corrected chi connectivity index (χ2v) is 11.7. The van der Waals surface area contributed by atoms with Gasteiger partial charge in [0.25, 0.3) is 0 Å². The molecule has 3 aromatic heterocycles. The second-order valence-electron chi connectivity index (χ2n) is 10.6. The number of fused-ring (bicyclic) bond motifs is 1. The van der Waals surface area contributed by atoms with E-state index in [9.17, 15) is 15.0 Å². The van der Waals surface area contributed by atoms with E-state index in [0.717, 1.165) is 45.9 Å². The standard InChI is InChI=1S/C29H30N4O3S/c1-17-12-22(32-25(13-17)33-24-15-20(9-11-30-24)28(2,3)4)23-16-31-27(37-23)29(36)10-5-6-18-14-19(26(34)35)7-8-21(18)29/h7-9,11-16,36H,5-6,10H2,1-4H3,(H,34,35)(H,30,32,33)/t29-/m0/s1. The van der Waals surface area contributed by atoms with E-state index in [1.807, 2.05) is 31.2 Å². The van der Waals surface area contributed by atoms with Crippen molar-refractivity contribution in [1.29, 1.82) is 0 Å². The zero-order chi connectivity index (χ0) is 26.4. The van der Waals surface area contributed by atoms with Gasteiger partial charge in [0.2, 0.25) is 0 Å². The molecule has 1 aliphatic rings. The SMILES string of the molecule is Cc1cc(Nc2cc(C(C)(C)C)ccn2)nc(-c2cnc([C@]3(O)CCCc4cc(C(=O)O)ccc43)s2)c1. The van der Waals surface area contributed by atoms with Crippen LogP contribution in [0.15, 0.2) is 54.9 Å². The Hall–Kier alpha value is -3.62. The molecule has 0 aliphatic heterocycles. The Balaban J connectivity index is 1.46. The van der Waals surface area contributed by atoms with Crippen molar-refractivity contribution in [1.82, 2.24) is 15.0 Å². The summed E-state index contributed by atoms with van der Waals surface area (Å²) in [6.45, 7) is 8.52. The average molecular weight is 515 g/mol. The number of anilines is 2. The van der Waals surface area contributed by atoms with Gasteiger partial charge in [0, 0.05) is 12.4 Å². The molecule has 0 saturated heterocycles. The molecule has 4 aromatic rings. The summed E-state index contributed by atoms with van der Waals surface area (Å²) in [6.07, 6.45) is 5.57. The predicted octanol–water partition coefficient (Wildman–Crippen LogP) is 6.22. The normalized spacial score (nSPS) is 17.3. The minimum Gasteiger partial charge on any atom is -0.478 e. The molecule has 0 bridgehead atoms. The molecule has 0 radical (unpaired) electrons. The number of nitrogens with zero attached hydrogens (tertiary/aromatic N) is 3. The highest BCUT2D eigenvalue weighted by Crippen LogP contribution is 2.43. The van der Waals surface area contributed by atoms with Gasteiger partial charge in [-0.05, 0) is 90.3 Å². The molecule has 37 heavy (non-hydrogen) atoms. The summed E-state index contributed by atoms with van der Waals surface area (Å²) < 4.78 is 0. The van der Waals surface area contributed by atoms with Crippen LogP contribution in [0.2, 0.25) is 0 Å². The van der Waals surface area contributed by atoms with Gasteiger partial charge in [-0.25, -0.2) is 19.7 Å². The number of hydrogen-bond donors (Lipinski definition) is 3. The molecular formula is C29H30N4O3S. The van der Waals surface area contributed by atoms with Crippen molar-refractivity contribution in [2.45, 2.75) is 58.0 Å². The third kappa shape index (κ3) is 4.99. The van der Waals surface area contributed by atoms with Crippen LogP contribution in [0.3, 0.4) is 0 Å². The Morgan fingerprint density at radius 1 is 1.08 bits per heavy atom. The first-order valence-electron chi connectivity index (χ1n) is 12.3. The van der Waals surface area contributed by atoms with Crippen LogP contribution in [0.4, 0.5) is 11.6 Å². The first kappa shape index (κ1) is 25.0. The fourth-order valence-corrected chi connectivity index (χ4v) is 5.78. The minimum absolute atomic E-state index is 0.0107. The van der Waals surface area contributed by atoms with Gasteiger partial charge in [0.15, 0.2) is 0 Å². The zero-order valence-electron chi connectivity index (χ0n) is 21.4. The van der Waals surface area contributed by atoms with Crippen LogP contribution in [0.25, 0.3) is 10.6 Å². The number of thiazole rings is 1. The largest absolute Gasteiger partial charge is 0.478 e. The Morgan fingerprint density at radius 2 is 1.89 bits per heavy atom. The highest BCUT2D eigenvalue weighted by Gasteiger charge is 2.39. The highest BCUT2D eigenvalue weighted by atomic mass is 32.1. The molecule has 3 N–H and O–H groups in total. The summed E-state index contributed by atoms with van der Waals surface area (Å²) in [6, 6.07) is 13.0. The maximum atomic E-state index is 11.7. The molecular weight excluding hydrogens is 484 g/mol. The number of aromatic nitrogens is 3. The monoisotopic (exact) mass is 514 g/mol. The van der Waals surface area contributed by atoms with Gasteiger partial charge in [0.05, 0.1) is 16.1 Å². The number of aliphatic hydroxyl groups is 1. The Labute approximate surface area is 220 Å². The lowest BCUT2D eigenvalue weighted by Crippen LogP contribution is -2.32. The molecule has 5 rings (SSSR count). The van der Waals surface area contributed by atoms with Gasteiger partial charge in [-0.1, -0.05) is 26.8 Å². The van der Waals surface area contributed by atoms with Crippen molar-refractivity contribution in [2.24, 2.45) is 0 Å². The van der Waals surface area contributed by atoms with Crippen LogP contribution in [0.1, 0.15) is 71.2 Å². The number of rotatable bonds is 5. The molecule has 8 heteroatoms. The number of aromatic carboxylic acids is 1. The first-order chi connectivity index (χ1) is 17.5. The van der Waals surface area contributed by atoms with E-state index in [2.05, 4.69) is 36.1 Å². The van der Waals surface area contributed by atoms with Crippen molar-refractivity contribution in [2.75, 3.05) is 5.32 Å². The second kappa shape index (κ2) is 9.36. The summed E-state index contributed by atoms with van der Waals surface area (Å²) >= 11 is 1.41. The number of carbonyl (C=O) groups is 1. The van der Waals surface area contributed by atoms with Crippen molar-refractivity contribution < 1.29 is 15.0 Å². The van der Waals surface area contributed by atoms with E-state index in [1.165, 1.54) is 16.9 Å². The van der Waals surface area contributed by atoms with Gasteiger partial charge in [-0.3, -0.25) is 0 Å². The third-order valence-corrected chi connectivity index (χ3v) is 7.92. The molecule has 1 atom stereocenters. The molecule has 0 amide bonds. The van der Waals surface area contributed by atoms with Crippen molar-refractivity contribution in [3.8, 4) is 10.6 Å². The molecule has 1 aromatic carbocycles. The number of pyridine rings is 2. The molecule has 3 heterocycles. The zero-order valence-corrected chi connectivity index (χ0v) is 22.2. The minimum atomic E-state index is -1.25. The number of carboxylic acids is 1. The Morgan fingerprint density at radius 3 is 2.65 bits per heavy atom. The topological polar surface area (TPSA) is 108 Å². The molecule has 0 spiro atoms. The summed E-state index contributed by atoms with van der Waals surface area (Å²) in [5.74, 6) is 0.450. The highest BCUT2D eigenvalue weighted by molar-refractivity contribution is 7.15. The average Bonchev–Trinajstić information content (AvgIpc) is 3.35. The number of nitrogens with one attached hydrogen (secondary N) is 1. The van der Waals surface area contributed by atoms with E-state index in [0.29, 0.717) is 17.2 Å².